The van der Waals surface area contributed by atoms with Crippen LogP contribution in [-0.2, 0) is 0 Å². The highest BCUT2D eigenvalue weighted by Gasteiger charge is 2.16. The van der Waals surface area contributed by atoms with Crippen LogP contribution in [0.5, 0.6) is 5.75 Å². The van der Waals surface area contributed by atoms with E-state index in [1.165, 1.54) is 25.6 Å². The predicted molar refractivity (Wildman–Crippen MR) is 68.1 cm³/mol. The molecule has 1 heterocycles. The van der Waals surface area contributed by atoms with Crippen LogP contribution >= 0.6 is 0 Å². The van der Waals surface area contributed by atoms with Gasteiger partial charge in [0, 0.05) is 18.2 Å². The molecular formula is C13H13F2N3O. The van der Waals surface area contributed by atoms with Crippen LogP contribution in [0.3, 0.4) is 0 Å². The maximum Gasteiger partial charge on any atom is 0.187 e. The Balaban J connectivity index is 2.58. The molecule has 0 spiro atoms. The van der Waals surface area contributed by atoms with Crippen LogP contribution in [0, 0.1) is 11.6 Å². The Labute approximate surface area is 109 Å². The van der Waals surface area contributed by atoms with Crippen LogP contribution in [-0.4, -0.2) is 23.6 Å². The summed E-state index contributed by atoms with van der Waals surface area (Å²) in [5, 5.41) is 3.00. The highest BCUT2D eigenvalue weighted by atomic mass is 19.1. The molecule has 0 amide bonds. The zero-order valence-corrected chi connectivity index (χ0v) is 10.6. The smallest absolute Gasteiger partial charge is 0.187 e. The molecule has 0 unspecified atom stereocenters. The lowest BCUT2D eigenvalue weighted by Crippen LogP contribution is -2.04. The molecular weight excluding hydrogens is 252 g/mol. The molecule has 6 heteroatoms. The molecule has 2 aromatic rings. The number of benzene rings is 1. The topological polar surface area (TPSA) is 47.0 Å². The molecule has 4 nitrogen and oxygen atoms in total. The van der Waals surface area contributed by atoms with E-state index in [0.29, 0.717) is 18.1 Å². The summed E-state index contributed by atoms with van der Waals surface area (Å²) in [5.74, 6) is -0.533. The van der Waals surface area contributed by atoms with Crippen molar-refractivity contribution in [3.05, 3.63) is 36.2 Å². The number of rotatable bonds is 4. The molecule has 0 atom stereocenters. The fourth-order valence-electron chi connectivity index (χ4n) is 1.73. The van der Waals surface area contributed by atoms with Gasteiger partial charge in [0.15, 0.2) is 11.6 Å². The lowest BCUT2D eigenvalue weighted by Gasteiger charge is -2.12. The number of nitrogens with one attached hydrogen (secondary N) is 1. The Morgan fingerprint density at radius 3 is 2.68 bits per heavy atom. The number of aromatic nitrogens is 2. The normalized spacial score (nSPS) is 10.3. The molecule has 0 saturated heterocycles. The third-order valence-corrected chi connectivity index (χ3v) is 2.54. The highest BCUT2D eigenvalue weighted by molar-refractivity contribution is 5.72. The van der Waals surface area contributed by atoms with E-state index in [-0.39, 0.29) is 11.3 Å². The van der Waals surface area contributed by atoms with E-state index in [1.54, 1.807) is 0 Å². The summed E-state index contributed by atoms with van der Waals surface area (Å²) in [5.41, 5.74) is 0.450. The van der Waals surface area contributed by atoms with Crippen LogP contribution in [0.4, 0.5) is 14.6 Å². The number of nitrogens with zero attached hydrogens (tertiary/aromatic N) is 2. The van der Waals surface area contributed by atoms with Gasteiger partial charge in [-0.15, -0.1) is 0 Å². The van der Waals surface area contributed by atoms with Crippen molar-refractivity contribution in [1.29, 1.82) is 0 Å². The average Bonchev–Trinajstić information content (AvgIpc) is 2.39. The average molecular weight is 265 g/mol. The molecule has 0 aliphatic carbocycles. The van der Waals surface area contributed by atoms with Crippen molar-refractivity contribution < 1.29 is 13.5 Å². The Kier molecular flexibility index (Phi) is 3.89. The third-order valence-electron chi connectivity index (χ3n) is 2.54. The maximum atomic E-state index is 13.8. The zero-order valence-electron chi connectivity index (χ0n) is 10.6. The van der Waals surface area contributed by atoms with Crippen LogP contribution in [0.15, 0.2) is 24.5 Å². The van der Waals surface area contributed by atoms with Gasteiger partial charge in [-0.3, -0.25) is 0 Å². The SMILES string of the molecule is CCNc1ncnc(-c2ccc(F)cc2F)c1OC. The third kappa shape index (κ3) is 2.62. The van der Waals surface area contributed by atoms with E-state index < -0.39 is 11.6 Å². The molecule has 0 saturated carbocycles. The molecule has 0 aliphatic rings. The molecule has 1 aromatic heterocycles. The fourth-order valence-corrected chi connectivity index (χ4v) is 1.73. The van der Waals surface area contributed by atoms with E-state index in [2.05, 4.69) is 15.3 Å². The van der Waals surface area contributed by atoms with Gasteiger partial charge in [-0.2, -0.15) is 0 Å². The van der Waals surface area contributed by atoms with Crippen molar-refractivity contribution >= 4 is 5.82 Å². The van der Waals surface area contributed by atoms with Gasteiger partial charge in [-0.25, -0.2) is 18.7 Å². The van der Waals surface area contributed by atoms with E-state index in [0.717, 1.165) is 6.07 Å². The Morgan fingerprint density at radius 1 is 1.26 bits per heavy atom. The van der Waals surface area contributed by atoms with Gasteiger partial charge in [0.25, 0.3) is 0 Å². The molecule has 0 aliphatic heterocycles. The van der Waals surface area contributed by atoms with Crippen molar-refractivity contribution in [2.24, 2.45) is 0 Å². The van der Waals surface area contributed by atoms with E-state index in [1.807, 2.05) is 6.92 Å². The number of halogens is 2. The van der Waals surface area contributed by atoms with E-state index in [9.17, 15) is 8.78 Å². The fraction of sp³-hybridized carbons (Fsp3) is 0.231. The first-order chi connectivity index (χ1) is 9.17. The maximum absolute atomic E-state index is 13.8. The standard InChI is InChI=1S/C13H13F2N3O/c1-3-16-13-12(19-2)11(17-7-18-13)9-5-4-8(14)6-10(9)15/h4-7H,3H2,1-2H3,(H,16,17,18). The molecule has 100 valence electrons. The molecule has 1 aromatic carbocycles. The lowest BCUT2D eigenvalue weighted by atomic mass is 10.1. The van der Waals surface area contributed by atoms with Crippen LogP contribution in [0.1, 0.15) is 6.92 Å². The van der Waals surface area contributed by atoms with Crippen molar-refractivity contribution in [3.63, 3.8) is 0 Å². The van der Waals surface area contributed by atoms with Gasteiger partial charge >= 0.3 is 0 Å². The van der Waals surface area contributed by atoms with Gasteiger partial charge in [0.1, 0.15) is 23.7 Å². The largest absolute Gasteiger partial charge is 0.491 e. The van der Waals surface area contributed by atoms with Crippen LogP contribution in [0.2, 0.25) is 0 Å². The minimum Gasteiger partial charge on any atom is -0.491 e. The molecule has 19 heavy (non-hydrogen) atoms. The lowest BCUT2D eigenvalue weighted by molar-refractivity contribution is 0.414. The van der Waals surface area contributed by atoms with E-state index in [4.69, 9.17) is 4.74 Å². The van der Waals surface area contributed by atoms with Gasteiger partial charge < -0.3 is 10.1 Å². The van der Waals surface area contributed by atoms with Gasteiger partial charge in [-0.1, -0.05) is 0 Å². The van der Waals surface area contributed by atoms with Crippen LogP contribution < -0.4 is 10.1 Å². The first-order valence-corrected chi connectivity index (χ1v) is 5.75. The van der Waals surface area contributed by atoms with Gasteiger partial charge in [0.2, 0.25) is 0 Å². The number of hydrogen-bond donors (Lipinski definition) is 1. The Hall–Kier alpha value is -2.24. The van der Waals surface area contributed by atoms with Crippen molar-refractivity contribution in [3.8, 4) is 17.0 Å². The Morgan fingerprint density at radius 2 is 2.05 bits per heavy atom. The summed E-state index contributed by atoms with van der Waals surface area (Å²) in [4.78, 5) is 8.04. The minimum absolute atomic E-state index is 0.166. The molecule has 0 bridgehead atoms. The summed E-state index contributed by atoms with van der Waals surface area (Å²) in [6.07, 6.45) is 1.30. The highest BCUT2D eigenvalue weighted by Crippen LogP contribution is 2.34. The second-order valence-electron chi connectivity index (χ2n) is 3.76. The quantitative estimate of drug-likeness (QED) is 0.923. The number of anilines is 1. The first-order valence-electron chi connectivity index (χ1n) is 5.75. The molecule has 1 N–H and O–H groups in total. The second-order valence-corrected chi connectivity index (χ2v) is 3.76. The van der Waals surface area contributed by atoms with E-state index >= 15 is 0 Å². The minimum atomic E-state index is -0.695. The van der Waals surface area contributed by atoms with Crippen molar-refractivity contribution in [2.75, 3.05) is 19.0 Å². The summed E-state index contributed by atoms with van der Waals surface area (Å²) >= 11 is 0. The second kappa shape index (κ2) is 5.60. The number of ether oxygens (including phenoxy) is 1. The van der Waals surface area contributed by atoms with Gasteiger partial charge in [0.05, 0.1) is 7.11 Å². The van der Waals surface area contributed by atoms with Crippen molar-refractivity contribution in [2.45, 2.75) is 6.92 Å². The summed E-state index contributed by atoms with van der Waals surface area (Å²) in [6, 6.07) is 3.31. The summed E-state index contributed by atoms with van der Waals surface area (Å²) in [7, 11) is 1.45. The number of hydrogen-bond acceptors (Lipinski definition) is 4. The summed E-state index contributed by atoms with van der Waals surface area (Å²) < 4.78 is 31.9. The summed E-state index contributed by atoms with van der Waals surface area (Å²) in [6.45, 7) is 2.54. The first kappa shape index (κ1) is 13.2. The van der Waals surface area contributed by atoms with Crippen LogP contribution in [0.25, 0.3) is 11.3 Å². The molecule has 0 radical (unpaired) electrons. The monoisotopic (exact) mass is 265 g/mol. The molecule has 2 rings (SSSR count). The van der Waals surface area contributed by atoms with Crippen molar-refractivity contribution in [1.82, 2.24) is 9.97 Å². The Bertz CT molecular complexity index is 590. The predicted octanol–water partition coefficient (Wildman–Crippen LogP) is 2.86. The zero-order chi connectivity index (χ0) is 13.8. The van der Waals surface area contributed by atoms with Gasteiger partial charge in [-0.05, 0) is 19.1 Å². The molecule has 0 fully saturated rings. The number of methoxy groups -OCH3 is 1.